The van der Waals surface area contributed by atoms with Crippen LogP contribution in [0.5, 0.6) is 0 Å². The van der Waals surface area contributed by atoms with E-state index < -0.39 is 0 Å². The number of aryl methyl sites for hydroxylation is 1. The summed E-state index contributed by atoms with van der Waals surface area (Å²) in [6.07, 6.45) is 0. The van der Waals surface area contributed by atoms with Gasteiger partial charge >= 0.3 is 0 Å². The lowest BCUT2D eigenvalue weighted by Gasteiger charge is -1.99. The molecule has 4 heteroatoms. The summed E-state index contributed by atoms with van der Waals surface area (Å²) in [5, 5.41) is 5.31. The maximum Gasteiger partial charge on any atom is 0.295 e. The minimum atomic E-state index is 0.582. The molecule has 0 amide bonds. The molecule has 0 aliphatic rings. The Balaban J connectivity index is 1.79. The van der Waals surface area contributed by atoms with Crippen LogP contribution in [0.25, 0.3) is 11.1 Å². The highest BCUT2D eigenvalue weighted by Gasteiger charge is 2.05. The highest BCUT2D eigenvalue weighted by Crippen LogP contribution is 2.20. The topological polar surface area (TPSA) is 38.1 Å². The van der Waals surface area contributed by atoms with Gasteiger partial charge in [-0.15, -0.1) is 11.3 Å². The van der Waals surface area contributed by atoms with E-state index >= 15 is 0 Å². The Morgan fingerprint density at radius 3 is 2.94 bits per heavy atom. The van der Waals surface area contributed by atoms with E-state index in [0.717, 1.165) is 17.6 Å². The second kappa shape index (κ2) is 4.22. The molecule has 0 aliphatic heterocycles. The van der Waals surface area contributed by atoms with Crippen LogP contribution in [0.3, 0.4) is 0 Å². The first-order chi connectivity index (χ1) is 8.33. The smallest absolute Gasteiger partial charge is 0.295 e. The molecule has 1 N–H and O–H groups in total. The molecule has 2 heterocycles. The number of anilines is 1. The van der Waals surface area contributed by atoms with Gasteiger partial charge in [0.05, 0.1) is 6.54 Å². The van der Waals surface area contributed by atoms with Crippen molar-refractivity contribution in [3.05, 3.63) is 46.2 Å². The number of fused-ring (bicyclic) bond motifs is 1. The normalized spacial score (nSPS) is 10.9. The monoisotopic (exact) mass is 244 g/mol. The molecule has 0 atom stereocenters. The summed E-state index contributed by atoms with van der Waals surface area (Å²) in [5.74, 6) is 0. The van der Waals surface area contributed by atoms with Crippen LogP contribution in [0.4, 0.5) is 6.01 Å². The van der Waals surface area contributed by atoms with Gasteiger partial charge in [0, 0.05) is 4.88 Å². The number of nitrogens with zero attached hydrogens (tertiary/aromatic N) is 1. The zero-order chi connectivity index (χ0) is 11.7. The third-order valence-corrected chi connectivity index (χ3v) is 3.69. The number of hydrogen-bond acceptors (Lipinski definition) is 4. The summed E-state index contributed by atoms with van der Waals surface area (Å²) < 4.78 is 5.59. The predicted molar refractivity (Wildman–Crippen MR) is 70.4 cm³/mol. The second-order valence-corrected chi connectivity index (χ2v) is 4.87. The van der Waals surface area contributed by atoms with Crippen LogP contribution in [-0.2, 0) is 6.54 Å². The van der Waals surface area contributed by atoms with Crippen molar-refractivity contribution in [2.24, 2.45) is 0 Å². The standard InChI is InChI=1S/C13H12N2OS/c1-9-6-7-17-12(9)8-14-13-15-10-4-2-3-5-11(10)16-13/h2-7H,8H2,1H3,(H,14,15). The van der Waals surface area contributed by atoms with E-state index in [1.54, 1.807) is 11.3 Å². The van der Waals surface area contributed by atoms with Crippen molar-refractivity contribution >= 4 is 28.5 Å². The molecule has 86 valence electrons. The SMILES string of the molecule is Cc1ccsc1CNc1nc2ccccc2o1. The largest absolute Gasteiger partial charge is 0.424 e. The molecule has 1 aromatic carbocycles. The lowest BCUT2D eigenvalue weighted by Crippen LogP contribution is -1.98. The Morgan fingerprint density at radius 1 is 1.29 bits per heavy atom. The number of thiophene rings is 1. The Labute approximate surface area is 103 Å². The molecule has 0 unspecified atom stereocenters. The minimum Gasteiger partial charge on any atom is -0.424 e. The summed E-state index contributed by atoms with van der Waals surface area (Å²) in [5.41, 5.74) is 3.01. The quantitative estimate of drug-likeness (QED) is 0.761. The van der Waals surface area contributed by atoms with Gasteiger partial charge < -0.3 is 9.73 Å². The Bertz CT molecular complexity index is 608. The van der Waals surface area contributed by atoms with Gasteiger partial charge in [-0.3, -0.25) is 0 Å². The minimum absolute atomic E-state index is 0.582. The van der Waals surface area contributed by atoms with Crippen LogP contribution in [0.1, 0.15) is 10.4 Å². The lowest BCUT2D eigenvalue weighted by atomic mass is 10.3. The van der Waals surface area contributed by atoms with Gasteiger partial charge in [0.1, 0.15) is 5.52 Å². The van der Waals surface area contributed by atoms with E-state index in [9.17, 15) is 0 Å². The summed E-state index contributed by atoms with van der Waals surface area (Å²) in [4.78, 5) is 5.68. The molecule has 0 aliphatic carbocycles. The fourth-order valence-corrected chi connectivity index (χ4v) is 2.53. The third-order valence-electron chi connectivity index (χ3n) is 2.66. The molecule has 0 bridgehead atoms. The van der Waals surface area contributed by atoms with Crippen molar-refractivity contribution in [1.29, 1.82) is 0 Å². The molecule has 3 nitrogen and oxygen atoms in total. The molecule has 0 saturated heterocycles. The molecule has 0 fully saturated rings. The van der Waals surface area contributed by atoms with Gasteiger partial charge in [-0.05, 0) is 36.1 Å². The molecular weight excluding hydrogens is 232 g/mol. The zero-order valence-electron chi connectivity index (χ0n) is 9.43. The number of oxazole rings is 1. The maximum atomic E-state index is 5.59. The number of aromatic nitrogens is 1. The maximum absolute atomic E-state index is 5.59. The van der Waals surface area contributed by atoms with Crippen molar-refractivity contribution < 1.29 is 4.42 Å². The van der Waals surface area contributed by atoms with Crippen LogP contribution in [-0.4, -0.2) is 4.98 Å². The van der Waals surface area contributed by atoms with E-state index in [-0.39, 0.29) is 0 Å². The fraction of sp³-hybridized carbons (Fsp3) is 0.154. The molecule has 2 aromatic heterocycles. The number of rotatable bonds is 3. The molecule has 0 saturated carbocycles. The van der Waals surface area contributed by atoms with Crippen molar-refractivity contribution in [2.45, 2.75) is 13.5 Å². The first kappa shape index (κ1) is 10.4. The van der Waals surface area contributed by atoms with Crippen LogP contribution in [0, 0.1) is 6.92 Å². The summed E-state index contributed by atoms with van der Waals surface area (Å²) in [7, 11) is 0. The van der Waals surface area contributed by atoms with Crippen molar-refractivity contribution in [1.82, 2.24) is 4.98 Å². The first-order valence-electron chi connectivity index (χ1n) is 5.45. The number of nitrogens with one attached hydrogen (secondary N) is 1. The van der Waals surface area contributed by atoms with E-state index in [2.05, 4.69) is 28.7 Å². The van der Waals surface area contributed by atoms with Crippen LogP contribution in [0.2, 0.25) is 0 Å². The molecular formula is C13H12N2OS. The molecule has 3 rings (SSSR count). The first-order valence-corrected chi connectivity index (χ1v) is 6.33. The van der Waals surface area contributed by atoms with Crippen molar-refractivity contribution in [2.75, 3.05) is 5.32 Å². The fourth-order valence-electron chi connectivity index (χ4n) is 1.69. The predicted octanol–water partition coefficient (Wildman–Crippen LogP) is 3.81. The van der Waals surface area contributed by atoms with E-state index in [4.69, 9.17) is 4.42 Å². The highest BCUT2D eigenvalue weighted by atomic mass is 32.1. The van der Waals surface area contributed by atoms with E-state index in [1.807, 2.05) is 24.3 Å². The lowest BCUT2D eigenvalue weighted by molar-refractivity contribution is 0.615. The number of hydrogen-bond donors (Lipinski definition) is 1. The van der Waals surface area contributed by atoms with Gasteiger partial charge in [-0.25, -0.2) is 0 Å². The van der Waals surface area contributed by atoms with Gasteiger partial charge in [0.2, 0.25) is 0 Å². The van der Waals surface area contributed by atoms with E-state index in [0.29, 0.717) is 6.01 Å². The van der Waals surface area contributed by atoms with Crippen molar-refractivity contribution in [3.63, 3.8) is 0 Å². The van der Waals surface area contributed by atoms with Gasteiger partial charge in [0.25, 0.3) is 6.01 Å². The molecule has 0 spiro atoms. The Hall–Kier alpha value is -1.81. The van der Waals surface area contributed by atoms with Crippen LogP contribution >= 0.6 is 11.3 Å². The van der Waals surface area contributed by atoms with E-state index in [1.165, 1.54) is 10.4 Å². The summed E-state index contributed by atoms with van der Waals surface area (Å²) >= 11 is 1.74. The van der Waals surface area contributed by atoms with Crippen molar-refractivity contribution in [3.8, 4) is 0 Å². The number of para-hydroxylation sites is 2. The summed E-state index contributed by atoms with van der Waals surface area (Å²) in [6, 6.07) is 10.5. The summed E-state index contributed by atoms with van der Waals surface area (Å²) in [6.45, 7) is 2.87. The van der Waals surface area contributed by atoms with Gasteiger partial charge in [-0.1, -0.05) is 12.1 Å². The average molecular weight is 244 g/mol. The Morgan fingerprint density at radius 2 is 2.18 bits per heavy atom. The molecule has 17 heavy (non-hydrogen) atoms. The van der Waals surface area contributed by atoms with Gasteiger partial charge in [-0.2, -0.15) is 4.98 Å². The van der Waals surface area contributed by atoms with Crippen LogP contribution < -0.4 is 5.32 Å². The van der Waals surface area contributed by atoms with Gasteiger partial charge in [0.15, 0.2) is 5.58 Å². The molecule has 0 radical (unpaired) electrons. The highest BCUT2D eigenvalue weighted by molar-refractivity contribution is 7.10. The second-order valence-electron chi connectivity index (χ2n) is 3.87. The van der Waals surface area contributed by atoms with Crippen LogP contribution in [0.15, 0.2) is 40.1 Å². The third kappa shape index (κ3) is 2.03. The zero-order valence-corrected chi connectivity index (χ0v) is 10.3. The average Bonchev–Trinajstić information content (AvgIpc) is 2.92. The Kier molecular flexibility index (Phi) is 2.57. The molecule has 3 aromatic rings. The number of benzene rings is 1.